The molecule has 0 bridgehead atoms. The van der Waals surface area contributed by atoms with Gasteiger partial charge in [0.1, 0.15) is 0 Å². The molecule has 1 aliphatic rings. The summed E-state index contributed by atoms with van der Waals surface area (Å²) in [6, 6.07) is 8.37. The van der Waals surface area contributed by atoms with Crippen LogP contribution in [0.25, 0.3) is 5.57 Å². The number of hydrogen-bond acceptors (Lipinski definition) is 2. The Balaban J connectivity index is 2.29. The van der Waals surface area contributed by atoms with Gasteiger partial charge in [-0.15, -0.1) is 0 Å². The van der Waals surface area contributed by atoms with Crippen LogP contribution in [0.5, 0.6) is 0 Å². The van der Waals surface area contributed by atoms with Crippen molar-refractivity contribution in [3.05, 3.63) is 65.8 Å². The zero-order valence-electron chi connectivity index (χ0n) is 10.4. The number of aryl methyl sites for hydroxylation is 1. The molecule has 0 unspecified atom stereocenters. The summed E-state index contributed by atoms with van der Waals surface area (Å²) in [5, 5.41) is 0. The zero-order chi connectivity index (χ0) is 12.8. The maximum atomic E-state index is 11.0. The number of rotatable bonds is 2. The van der Waals surface area contributed by atoms with Gasteiger partial charge in [0.05, 0.1) is 7.11 Å². The van der Waals surface area contributed by atoms with Gasteiger partial charge >= 0.3 is 5.97 Å². The van der Waals surface area contributed by atoms with E-state index in [-0.39, 0.29) is 5.97 Å². The lowest BCUT2D eigenvalue weighted by Gasteiger charge is -2.06. The smallest absolute Gasteiger partial charge is 0.330 e. The number of carbonyl (C=O) groups is 1. The first-order valence-electron chi connectivity index (χ1n) is 6.02. The SMILES string of the molecule is COC(=O)C=CC=C1C=CCCc2ccccc21. The second-order valence-corrected chi connectivity index (χ2v) is 4.10. The molecule has 0 heterocycles. The highest BCUT2D eigenvalue weighted by molar-refractivity contribution is 5.84. The average Bonchev–Trinajstić information content (AvgIpc) is 2.61. The van der Waals surface area contributed by atoms with Crippen molar-refractivity contribution >= 4 is 11.5 Å². The lowest BCUT2D eigenvalue weighted by atomic mass is 9.99. The lowest BCUT2D eigenvalue weighted by Crippen LogP contribution is -1.93. The average molecular weight is 240 g/mol. The van der Waals surface area contributed by atoms with Gasteiger partial charge in [0.15, 0.2) is 0 Å². The zero-order valence-corrected chi connectivity index (χ0v) is 10.4. The van der Waals surface area contributed by atoms with Crippen LogP contribution in [-0.2, 0) is 16.0 Å². The third-order valence-electron chi connectivity index (χ3n) is 2.92. The molecule has 92 valence electrons. The monoisotopic (exact) mass is 240 g/mol. The van der Waals surface area contributed by atoms with Crippen molar-refractivity contribution in [2.45, 2.75) is 12.8 Å². The van der Waals surface area contributed by atoms with E-state index in [0.29, 0.717) is 0 Å². The van der Waals surface area contributed by atoms with Gasteiger partial charge in [0, 0.05) is 6.08 Å². The maximum absolute atomic E-state index is 11.0. The van der Waals surface area contributed by atoms with E-state index in [1.165, 1.54) is 24.3 Å². The van der Waals surface area contributed by atoms with Gasteiger partial charge in [-0.3, -0.25) is 0 Å². The molecule has 0 saturated carbocycles. The maximum Gasteiger partial charge on any atom is 0.330 e. The summed E-state index contributed by atoms with van der Waals surface area (Å²) in [6.07, 6.45) is 11.5. The van der Waals surface area contributed by atoms with E-state index in [1.54, 1.807) is 6.08 Å². The number of carbonyl (C=O) groups excluding carboxylic acids is 1. The molecule has 0 amide bonds. The molecule has 0 spiro atoms. The van der Waals surface area contributed by atoms with Gasteiger partial charge in [0.2, 0.25) is 0 Å². The molecule has 0 atom stereocenters. The first kappa shape index (κ1) is 12.4. The molecule has 0 fully saturated rings. The number of hydrogen-bond donors (Lipinski definition) is 0. The topological polar surface area (TPSA) is 26.3 Å². The van der Waals surface area contributed by atoms with Crippen LogP contribution in [0.2, 0.25) is 0 Å². The molecular formula is C16H16O2. The Hall–Kier alpha value is -2.09. The molecule has 0 aliphatic heterocycles. The highest BCUT2D eigenvalue weighted by atomic mass is 16.5. The van der Waals surface area contributed by atoms with Crippen molar-refractivity contribution in [3.63, 3.8) is 0 Å². The van der Waals surface area contributed by atoms with Crippen LogP contribution in [0.4, 0.5) is 0 Å². The molecule has 2 rings (SSSR count). The van der Waals surface area contributed by atoms with Crippen molar-refractivity contribution in [1.82, 2.24) is 0 Å². The molecular weight excluding hydrogens is 224 g/mol. The predicted molar refractivity (Wildman–Crippen MR) is 73.0 cm³/mol. The van der Waals surface area contributed by atoms with E-state index in [4.69, 9.17) is 0 Å². The number of allylic oxidation sites excluding steroid dienone is 5. The van der Waals surface area contributed by atoms with E-state index < -0.39 is 0 Å². The fourth-order valence-corrected chi connectivity index (χ4v) is 2.00. The highest BCUT2D eigenvalue weighted by Crippen LogP contribution is 2.25. The molecule has 1 aromatic carbocycles. The normalized spacial score (nSPS) is 16.6. The molecule has 18 heavy (non-hydrogen) atoms. The van der Waals surface area contributed by atoms with Crippen LogP contribution in [0.15, 0.2) is 54.6 Å². The summed E-state index contributed by atoms with van der Waals surface area (Å²) >= 11 is 0. The molecule has 1 aromatic rings. The summed E-state index contributed by atoms with van der Waals surface area (Å²) in [5.74, 6) is -0.335. The molecule has 2 nitrogen and oxygen atoms in total. The standard InChI is InChI=1S/C16H16O2/c1-18-16(17)12-6-10-14-8-3-2-7-13-9-4-5-11-15(13)14/h3-6,8-12H,2,7H2,1H3. The van der Waals surface area contributed by atoms with Crippen molar-refractivity contribution in [1.29, 1.82) is 0 Å². The summed E-state index contributed by atoms with van der Waals surface area (Å²) in [5.41, 5.74) is 3.71. The minimum absolute atomic E-state index is 0.335. The lowest BCUT2D eigenvalue weighted by molar-refractivity contribution is -0.134. The van der Waals surface area contributed by atoms with Crippen molar-refractivity contribution in [2.24, 2.45) is 0 Å². The van der Waals surface area contributed by atoms with Gasteiger partial charge in [-0.25, -0.2) is 4.79 Å². The van der Waals surface area contributed by atoms with Gasteiger partial charge in [0.25, 0.3) is 0 Å². The summed E-state index contributed by atoms with van der Waals surface area (Å²) in [6.45, 7) is 0. The minimum Gasteiger partial charge on any atom is -0.466 e. The number of benzene rings is 1. The fourth-order valence-electron chi connectivity index (χ4n) is 2.00. The van der Waals surface area contributed by atoms with E-state index in [1.807, 2.05) is 12.1 Å². The van der Waals surface area contributed by atoms with Crippen LogP contribution in [0, 0.1) is 0 Å². The number of methoxy groups -OCH3 is 1. The molecule has 0 aromatic heterocycles. The fraction of sp³-hybridized carbons (Fsp3) is 0.188. The largest absolute Gasteiger partial charge is 0.466 e. The van der Waals surface area contributed by atoms with E-state index >= 15 is 0 Å². The number of fused-ring (bicyclic) bond motifs is 1. The van der Waals surface area contributed by atoms with Crippen molar-refractivity contribution in [3.8, 4) is 0 Å². The number of ether oxygens (including phenoxy) is 1. The highest BCUT2D eigenvalue weighted by Gasteiger charge is 2.06. The molecule has 0 radical (unpaired) electrons. The summed E-state index contributed by atoms with van der Waals surface area (Å²) in [4.78, 5) is 11.0. The van der Waals surface area contributed by atoms with Crippen LogP contribution in [-0.4, -0.2) is 13.1 Å². The van der Waals surface area contributed by atoms with Gasteiger partial charge in [-0.05, 0) is 29.5 Å². The van der Waals surface area contributed by atoms with E-state index in [0.717, 1.165) is 18.4 Å². The van der Waals surface area contributed by atoms with Crippen LogP contribution in [0.1, 0.15) is 17.5 Å². The predicted octanol–water partition coefficient (Wildman–Crippen LogP) is 3.30. The first-order valence-corrected chi connectivity index (χ1v) is 6.02. The molecule has 0 N–H and O–H groups in total. The first-order chi connectivity index (χ1) is 8.81. The quantitative estimate of drug-likeness (QED) is 0.585. The van der Waals surface area contributed by atoms with Crippen LogP contribution < -0.4 is 0 Å². The summed E-state index contributed by atoms with van der Waals surface area (Å²) in [7, 11) is 1.38. The number of esters is 1. The second kappa shape index (κ2) is 6.01. The molecule has 0 saturated heterocycles. The summed E-state index contributed by atoms with van der Waals surface area (Å²) < 4.78 is 4.56. The molecule has 1 aliphatic carbocycles. The van der Waals surface area contributed by atoms with Gasteiger partial charge < -0.3 is 4.74 Å². The Morgan fingerprint density at radius 2 is 2.17 bits per heavy atom. The Morgan fingerprint density at radius 1 is 1.33 bits per heavy atom. The van der Waals surface area contributed by atoms with Crippen LogP contribution in [0.3, 0.4) is 0 Å². The Morgan fingerprint density at radius 3 is 3.00 bits per heavy atom. The third kappa shape index (κ3) is 2.98. The minimum atomic E-state index is -0.335. The second-order valence-electron chi connectivity index (χ2n) is 4.10. The van der Waals surface area contributed by atoms with Crippen molar-refractivity contribution in [2.75, 3.05) is 7.11 Å². The Labute approximate surface area is 107 Å². The van der Waals surface area contributed by atoms with E-state index in [2.05, 4.69) is 35.1 Å². The third-order valence-corrected chi connectivity index (χ3v) is 2.92. The van der Waals surface area contributed by atoms with E-state index in [9.17, 15) is 4.79 Å². The van der Waals surface area contributed by atoms with Crippen molar-refractivity contribution < 1.29 is 9.53 Å². The van der Waals surface area contributed by atoms with Crippen LogP contribution >= 0.6 is 0 Å². The Kier molecular flexibility index (Phi) is 4.13. The molecule has 2 heteroatoms. The van der Waals surface area contributed by atoms with Gasteiger partial charge in [-0.1, -0.05) is 48.6 Å². The Bertz CT molecular complexity index is 522. The van der Waals surface area contributed by atoms with Gasteiger partial charge in [-0.2, -0.15) is 0 Å².